The first-order chi connectivity index (χ1) is 6.25. The van der Waals surface area contributed by atoms with Crippen LogP contribution in [-0.2, 0) is 0 Å². The quantitative estimate of drug-likeness (QED) is 0.712. The van der Waals surface area contributed by atoms with Gasteiger partial charge < -0.3 is 0 Å². The summed E-state index contributed by atoms with van der Waals surface area (Å²) >= 11 is 3.27. The van der Waals surface area contributed by atoms with E-state index in [0.29, 0.717) is 5.95 Å². The predicted octanol–water partition coefficient (Wildman–Crippen LogP) is 1.73. The minimum atomic E-state index is 0.572. The van der Waals surface area contributed by atoms with E-state index in [-0.39, 0.29) is 0 Å². The van der Waals surface area contributed by atoms with Crippen molar-refractivity contribution in [1.82, 2.24) is 19.7 Å². The Morgan fingerprint density at radius 1 is 1.38 bits per heavy atom. The third-order valence-corrected chi connectivity index (χ3v) is 1.98. The summed E-state index contributed by atoms with van der Waals surface area (Å²) in [4.78, 5) is 8.25. The number of nitrogens with zero attached hydrogens (tertiary/aromatic N) is 4. The number of rotatable bonds is 1. The maximum absolute atomic E-state index is 4.19. The second-order valence-electron chi connectivity index (χ2n) is 2.58. The summed E-state index contributed by atoms with van der Waals surface area (Å²) in [6, 6.07) is 3.68. The van der Waals surface area contributed by atoms with Gasteiger partial charge in [-0.1, -0.05) is 0 Å². The molecule has 5 heteroatoms. The Kier molecular flexibility index (Phi) is 2.10. The fourth-order valence-corrected chi connectivity index (χ4v) is 1.24. The van der Waals surface area contributed by atoms with E-state index in [1.54, 1.807) is 16.9 Å². The average Bonchev–Trinajstić information content (AvgIpc) is 2.52. The van der Waals surface area contributed by atoms with Gasteiger partial charge in [0.05, 0.1) is 5.69 Å². The van der Waals surface area contributed by atoms with Gasteiger partial charge >= 0.3 is 0 Å². The normalized spacial score (nSPS) is 10.3. The zero-order chi connectivity index (χ0) is 9.26. The Morgan fingerprint density at radius 2 is 2.23 bits per heavy atom. The molecule has 0 atom stereocenters. The molecule has 0 spiro atoms. The largest absolute Gasteiger partial charge is 0.251 e. The van der Waals surface area contributed by atoms with Crippen molar-refractivity contribution in [3.63, 3.8) is 0 Å². The summed E-state index contributed by atoms with van der Waals surface area (Å²) in [5, 5.41) is 4.19. The Labute approximate surface area is 83.8 Å². The van der Waals surface area contributed by atoms with Gasteiger partial charge in [-0.15, -0.1) is 0 Å². The second kappa shape index (κ2) is 3.26. The van der Waals surface area contributed by atoms with Crippen molar-refractivity contribution in [1.29, 1.82) is 0 Å². The molecule has 0 fully saturated rings. The Bertz CT molecular complexity index is 424. The molecular formula is C8H7BrN4. The van der Waals surface area contributed by atoms with E-state index in [2.05, 4.69) is 31.0 Å². The Hall–Kier alpha value is -1.23. The molecule has 4 nitrogen and oxygen atoms in total. The van der Waals surface area contributed by atoms with Gasteiger partial charge in [0.2, 0.25) is 0 Å². The number of hydrogen-bond acceptors (Lipinski definition) is 3. The van der Waals surface area contributed by atoms with Gasteiger partial charge in [0.15, 0.2) is 0 Å². The fraction of sp³-hybridized carbons (Fsp3) is 0.125. The maximum atomic E-state index is 4.19. The molecule has 0 aromatic carbocycles. The lowest BCUT2D eigenvalue weighted by atomic mass is 10.5. The van der Waals surface area contributed by atoms with Crippen LogP contribution in [0.3, 0.4) is 0 Å². The molecule has 66 valence electrons. The molecule has 2 aromatic heterocycles. The first-order valence-corrected chi connectivity index (χ1v) is 4.56. The first-order valence-electron chi connectivity index (χ1n) is 3.77. The molecule has 0 amide bonds. The SMILES string of the molecule is Cc1ccn(-c2nccc(Br)n2)n1. The minimum absolute atomic E-state index is 0.572. The van der Waals surface area contributed by atoms with Crippen molar-refractivity contribution < 1.29 is 0 Å². The van der Waals surface area contributed by atoms with Crippen LogP contribution in [0.5, 0.6) is 0 Å². The van der Waals surface area contributed by atoms with Crippen LogP contribution in [0.2, 0.25) is 0 Å². The zero-order valence-corrected chi connectivity index (χ0v) is 8.56. The van der Waals surface area contributed by atoms with E-state index in [9.17, 15) is 0 Å². The topological polar surface area (TPSA) is 43.6 Å². The summed E-state index contributed by atoms with van der Waals surface area (Å²) in [7, 11) is 0. The van der Waals surface area contributed by atoms with Crippen molar-refractivity contribution in [2.75, 3.05) is 0 Å². The lowest BCUT2D eigenvalue weighted by molar-refractivity contribution is 0.793. The Morgan fingerprint density at radius 3 is 2.85 bits per heavy atom. The zero-order valence-electron chi connectivity index (χ0n) is 6.98. The van der Waals surface area contributed by atoms with Crippen molar-refractivity contribution in [3.05, 3.63) is 34.8 Å². The van der Waals surface area contributed by atoms with Crippen LogP contribution in [0.4, 0.5) is 0 Å². The van der Waals surface area contributed by atoms with Crippen LogP contribution < -0.4 is 0 Å². The van der Waals surface area contributed by atoms with Crippen LogP contribution in [0, 0.1) is 6.92 Å². The highest BCUT2D eigenvalue weighted by molar-refractivity contribution is 9.10. The van der Waals surface area contributed by atoms with Gasteiger partial charge in [0.1, 0.15) is 4.60 Å². The van der Waals surface area contributed by atoms with Gasteiger partial charge in [-0.3, -0.25) is 0 Å². The van der Waals surface area contributed by atoms with Gasteiger partial charge in [0, 0.05) is 12.4 Å². The molecule has 0 saturated heterocycles. The van der Waals surface area contributed by atoms with Gasteiger partial charge in [-0.2, -0.15) is 5.10 Å². The van der Waals surface area contributed by atoms with E-state index >= 15 is 0 Å². The molecule has 0 bridgehead atoms. The summed E-state index contributed by atoms with van der Waals surface area (Å²) in [6.07, 6.45) is 3.51. The van der Waals surface area contributed by atoms with E-state index in [4.69, 9.17) is 0 Å². The summed E-state index contributed by atoms with van der Waals surface area (Å²) < 4.78 is 2.39. The molecule has 0 aliphatic heterocycles. The highest BCUT2D eigenvalue weighted by Crippen LogP contribution is 2.06. The minimum Gasteiger partial charge on any atom is -0.220 e. The van der Waals surface area contributed by atoms with Crippen LogP contribution >= 0.6 is 15.9 Å². The smallest absolute Gasteiger partial charge is 0.220 e. The van der Waals surface area contributed by atoms with E-state index < -0.39 is 0 Å². The highest BCUT2D eigenvalue weighted by atomic mass is 79.9. The molecule has 0 aliphatic carbocycles. The number of aromatic nitrogens is 4. The predicted molar refractivity (Wildman–Crippen MR) is 51.6 cm³/mol. The second-order valence-corrected chi connectivity index (χ2v) is 3.39. The average molecular weight is 239 g/mol. The number of halogens is 1. The molecule has 13 heavy (non-hydrogen) atoms. The first kappa shape index (κ1) is 8.37. The molecule has 0 aliphatic rings. The van der Waals surface area contributed by atoms with Gasteiger partial charge in [-0.25, -0.2) is 14.6 Å². The standard InChI is InChI=1S/C8H7BrN4/c1-6-3-5-13(12-6)8-10-4-2-7(9)11-8/h2-5H,1H3. The van der Waals surface area contributed by atoms with Crippen LogP contribution in [0.1, 0.15) is 5.69 Å². The molecule has 2 heterocycles. The van der Waals surface area contributed by atoms with Crippen molar-refractivity contribution in [2.45, 2.75) is 6.92 Å². The summed E-state index contributed by atoms with van der Waals surface area (Å²) in [5.74, 6) is 0.572. The van der Waals surface area contributed by atoms with Crippen LogP contribution in [0.15, 0.2) is 29.1 Å². The van der Waals surface area contributed by atoms with E-state index in [1.807, 2.05) is 19.2 Å². The third kappa shape index (κ3) is 1.75. The van der Waals surface area contributed by atoms with Crippen molar-refractivity contribution in [2.24, 2.45) is 0 Å². The van der Waals surface area contributed by atoms with Crippen LogP contribution in [-0.4, -0.2) is 19.7 Å². The molecular weight excluding hydrogens is 232 g/mol. The highest BCUT2D eigenvalue weighted by Gasteiger charge is 2.00. The molecule has 2 aromatic rings. The fourth-order valence-electron chi connectivity index (χ4n) is 0.964. The number of aryl methyl sites for hydroxylation is 1. The van der Waals surface area contributed by atoms with E-state index in [0.717, 1.165) is 10.3 Å². The third-order valence-electron chi connectivity index (χ3n) is 1.54. The molecule has 2 rings (SSSR count). The molecule has 0 radical (unpaired) electrons. The van der Waals surface area contributed by atoms with Crippen molar-refractivity contribution >= 4 is 15.9 Å². The lowest BCUT2D eigenvalue weighted by Crippen LogP contribution is -2.01. The van der Waals surface area contributed by atoms with Gasteiger partial charge in [-0.05, 0) is 35.0 Å². The summed E-state index contributed by atoms with van der Waals surface area (Å²) in [6.45, 7) is 1.93. The maximum Gasteiger partial charge on any atom is 0.251 e. The molecule has 0 unspecified atom stereocenters. The lowest BCUT2D eigenvalue weighted by Gasteiger charge is -1.97. The molecule has 0 N–H and O–H groups in total. The van der Waals surface area contributed by atoms with Crippen LogP contribution in [0.25, 0.3) is 5.95 Å². The summed E-state index contributed by atoms with van der Waals surface area (Å²) in [5.41, 5.74) is 0.948. The monoisotopic (exact) mass is 238 g/mol. The van der Waals surface area contributed by atoms with E-state index in [1.165, 1.54) is 0 Å². The van der Waals surface area contributed by atoms with Gasteiger partial charge in [0.25, 0.3) is 5.95 Å². The van der Waals surface area contributed by atoms with Crippen molar-refractivity contribution in [3.8, 4) is 5.95 Å². The Balaban J connectivity index is 2.46. The number of hydrogen-bond donors (Lipinski definition) is 0. The molecule has 0 saturated carbocycles.